The van der Waals surface area contributed by atoms with Crippen LogP contribution in [0.25, 0.3) is 0 Å². The normalized spacial score (nSPS) is 9.53. The monoisotopic (exact) mass is 263 g/mol. The molecule has 1 aromatic rings. The zero-order valence-corrected chi connectivity index (χ0v) is 10.8. The molecule has 0 unspecified atom stereocenters. The summed E-state index contributed by atoms with van der Waals surface area (Å²) in [4.78, 5) is 23.1. The number of esters is 1. The summed E-state index contributed by atoms with van der Waals surface area (Å²) in [7, 11) is 0. The molecule has 5 heteroatoms. The molecule has 0 aliphatic carbocycles. The molecule has 5 nitrogen and oxygen atoms in total. The standard InChI is InChI=1S/C14H17NO4/c1-3-9-19-12-8-6-5-7-11(12)14(17)15-10-13(16)18-4-2/h3,5-8H,1,4,9-10H2,2H3,(H,15,17). The Morgan fingerprint density at radius 1 is 1.37 bits per heavy atom. The lowest BCUT2D eigenvalue weighted by Gasteiger charge is -2.10. The molecular formula is C14H17NO4. The summed E-state index contributed by atoms with van der Waals surface area (Å²) in [5.74, 6) is -0.406. The molecule has 0 fully saturated rings. The maximum Gasteiger partial charge on any atom is 0.325 e. The number of hydrogen-bond donors (Lipinski definition) is 1. The molecule has 0 aromatic heterocycles. The lowest BCUT2D eigenvalue weighted by molar-refractivity contribution is -0.141. The van der Waals surface area contributed by atoms with E-state index in [9.17, 15) is 9.59 Å². The van der Waals surface area contributed by atoms with Gasteiger partial charge in [0.05, 0.1) is 12.2 Å². The van der Waals surface area contributed by atoms with Crippen molar-refractivity contribution in [3.05, 3.63) is 42.5 Å². The third-order valence-corrected chi connectivity index (χ3v) is 2.19. The number of carbonyl (C=O) groups is 2. The minimum absolute atomic E-state index is 0.164. The second-order valence-electron chi connectivity index (χ2n) is 3.58. The van der Waals surface area contributed by atoms with Crippen molar-refractivity contribution in [1.82, 2.24) is 5.32 Å². The number of amides is 1. The largest absolute Gasteiger partial charge is 0.489 e. The Bertz CT molecular complexity index is 457. The van der Waals surface area contributed by atoms with Crippen LogP contribution in [0.4, 0.5) is 0 Å². The molecule has 0 aliphatic heterocycles. The number of ether oxygens (including phenoxy) is 2. The van der Waals surface area contributed by atoms with Crippen LogP contribution in [0.3, 0.4) is 0 Å². The third-order valence-electron chi connectivity index (χ3n) is 2.19. The number of para-hydroxylation sites is 1. The summed E-state index contributed by atoms with van der Waals surface area (Å²) in [6.07, 6.45) is 1.59. The third kappa shape index (κ3) is 4.83. The van der Waals surface area contributed by atoms with Gasteiger partial charge in [0, 0.05) is 0 Å². The van der Waals surface area contributed by atoms with Crippen molar-refractivity contribution in [3.63, 3.8) is 0 Å². The van der Waals surface area contributed by atoms with Crippen LogP contribution in [-0.4, -0.2) is 31.6 Å². The molecule has 1 N–H and O–H groups in total. The van der Waals surface area contributed by atoms with Crippen LogP contribution in [0.5, 0.6) is 5.75 Å². The van der Waals surface area contributed by atoms with E-state index < -0.39 is 5.97 Å². The van der Waals surface area contributed by atoms with Gasteiger partial charge in [-0.3, -0.25) is 9.59 Å². The van der Waals surface area contributed by atoms with E-state index in [4.69, 9.17) is 9.47 Å². The first-order chi connectivity index (χ1) is 9.19. The van der Waals surface area contributed by atoms with Gasteiger partial charge in [0.1, 0.15) is 18.9 Å². The first-order valence-electron chi connectivity index (χ1n) is 5.95. The first kappa shape index (κ1) is 14.8. The van der Waals surface area contributed by atoms with Crippen molar-refractivity contribution >= 4 is 11.9 Å². The van der Waals surface area contributed by atoms with Crippen LogP contribution in [0.1, 0.15) is 17.3 Å². The van der Waals surface area contributed by atoms with E-state index in [2.05, 4.69) is 11.9 Å². The summed E-state index contributed by atoms with van der Waals surface area (Å²) in [5, 5.41) is 2.48. The Morgan fingerprint density at radius 3 is 2.79 bits per heavy atom. The molecule has 0 spiro atoms. The van der Waals surface area contributed by atoms with Crippen molar-refractivity contribution < 1.29 is 19.1 Å². The molecular weight excluding hydrogens is 246 g/mol. The van der Waals surface area contributed by atoms with Gasteiger partial charge in [0.15, 0.2) is 0 Å². The van der Waals surface area contributed by atoms with Crippen molar-refractivity contribution in [1.29, 1.82) is 0 Å². The second-order valence-corrected chi connectivity index (χ2v) is 3.58. The van der Waals surface area contributed by atoms with Gasteiger partial charge >= 0.3 is 5.97 Å². The maximum absolute atomic E-state index is 11.9. The van der Waals surface area contributed by atoms with E-state index in [-0.39, 0.29) is 19.1 Å². The lowest BCUT2D eigenvalue weighted by atomic mass is 10.2. The van der Waals surface area contributed by atoms with Crippen molar-refractivity contribution in [2.45, 2.75) is 6.92 Å². The minimum Gasteiger partial charge on any atom is -0.489 e. The predicted octanol–water partition coefficient (Wildman–Crippen LogP) is 1.54. The van der Waals surface area contributed by atoms with Crippen LogP contribution in [0.15, 0.2) is 36.9 Å². The zero-order chi connectivity index (χ0) is 14.1. The molecule has 0 atom stereocenters. The average Bonchev–Trinajstić information content (AvgIpc) is 2.43. The van der Waals surface area contributed by atoms with Crippen molar-refractivity contribution in [3.8, 4) is 5.75 Å². The Labute approximate surface area is 112 Å². The number of nitrogens with one attached hydrogen (secondary N) is 1. The van der Waals surface area contributed by atoms with E-state index in [1.165, 1.54) is 0 Å². The lowest BCUT2D eigenvalue weighted by Crippen LogP contribution is -2.30. The first-order valence-corrected chi connectivity index (χ1v) is 5.95. The zero-order valence-electron chi connectivity index (χ0n) is 10.8. The topological polar surface area (TPSA) is 64.6 Å². The molecule has 0 heterocycles. The second kappa shape index (κ2) is 7.92. The molecule has 102 valence electrons. The fraction of sp³-hybridized carbons (Fsp3) is 0.286. The Kier molecular flexibility index (Phi) is 6.15. The molecule has 0 aliphatic rings. The van der Waals surface area contributed by atoms with Gasteiger partial charge < -0.3 is 14.8 Å². The van der Waals surface area contributed by atoms with E-state index in [0.717, 1.165) is 0 Å². The Morgan fingerprint density at radius 2 is 2.11 bits per heavy atom. The van der Waals surface area contributed by atoms with E-state index in [0.29, 0.717) is 17.9 Å². The van der Waals surface area contributed by atoms with Gasteiger partial charge in [-0.1, -0.05) is 24.8 Å². The molecule has 1 aromatic carbocycles. The fourth-order valence-corrected chi connectivity index (χ4v) is 1.39. The van der Waals surface area contributed by atoms with Gasteiger partial charge in [-0.15, -0.1) is 0 Å². The van der Waals surface area contributed by atoms with Gasteiger partial charge in [0.2, 0.25) is 0 Å². The van der Waals surface area contributed by atoms with E-state index in [1.54, 1.807) is 37.3 Å². The summed E-state index contributed by atoms with van der Waals surface area (Å²) < 4.78 is 10.1. The van der Waals surface area contributed by atoms with E-state index >= 15 is 0 Å². The number of benzene rings is 1. The number of hydrogen-bond acceptors (Lipinski definition) is 4. The van der Waals surface area contributed by atoms with Gasteiger partial charge in [0.25, 0.3) is 5.91 Å². The van der Waals surface area contributed by atoms with Crippen LogP contribution in [0, 0.1) is 0 Å². The highest BCUT2D eigenvalue weighted by Gasteiger charge is 2.13. The molecule has 0 saturated carbocycles. The predicted molar refractivity (Wildman–Crippen MR) is 71.1 cm³/mol. The molecule has 1 rings (SSSR count). The molecule has 19 heavy (non-hydrogen) atoms. The quantitative estimate of drug-likeness (QED) is 0.598. The van der Waals surface area contributed by atoms with Crippen LogP contribution in [-0.2, 0) is 9.53 Å². The molecule has 0 saturated heterocycles. The fourth-order valence-electron chi connectivity index (χ4n) is 1.39. The maximum atomic E-state index is 11.9. The number of carbonyl (C=O) groups excluding carboxylic acids is 2. The summed E-state index contributed by atoms with van der Waals surface area (Å²) in [6.45, 7) is 5.68. The number of rotatable bonds is 7. The Balaban J connectivity index is 2.65. The van der Waals surface area contributed by atoms with Crippen LogP contribution >= 0.6 is 0 Å². The SMILES string of the molecule is C=CCOc1ccccc1C(=O)NCC(=O)OCC. The smallest absolute Gasteiger partial charge is 0.325 e. The molecule has 1 amide bonds. The van der Waals surface area contributed by atoms with Gasteiger partial charge in [-0.05, 0) is 19.1 Å². The summed E-state index contributed by atoms with van der Waals surface area (Å²) in [5.41, 5.74) is 0.369. The van der Waals surface area contributed by atoms with E-state index in [1.807, 2.05) is 0 Å². The van der Waals surface area contributed by atoms with Gasteiger partial charge in [-0.2, -0.15) is 0 Å². The van der Waals surface area contributed by atoms with Crippen LogP contribution < -0.4 is 10.1 Å². The highest BCUT2D eigenvalue weighted by Crippen LogP contribution is 2.17. The Hall–Kier alpha value is -2.30. The van der Waals surface area contributed by atoms with Crippen LogP contribution in [0.2, 0.25) is 0 Å². The highest BCUT2D eigenvalue weighted by atomic mass is 16.5. The molecule has 0 radical (unpaired) electrons. The summed E-state index contributed by atoms with van der Waals surface area (Å²) >= 11 is 0. The highest BCUT2D eigenvalue weighted by molar-refractivity contribution is 5.98. The summed E-state index contributed by atoms with van der Waals surface area (Å²) in [6, 6.07) is 6.79. The van der Waals surface area contributed by atoms with Crippen molar-refractivity contribution in [2.75, 3.05) is 19.8 Å². The molecule has 0 bridgehead atoms. The van der Waals surface area contributed by atoms with Gasteiger partial charge in [-0.25, -0.2) is 0 Å². The minimum atomic E-state index is -0.472. The average molecular weight is 263 g/mol. The van der Waals surface area contributed by atoms with Crippen molar-refractivity contribution in [2.24, 2.45) is 0 Å².